The number of aliphatic hydroxyl groups excluding tert-OH is 3. The molecule has 62 heavy (non-hydrogen) atoms. The molecule has 0 aromatic carbocycles. The van der Waals surface area contributed by atoms with E-state index in [4.69, 9.17) is 0 Å². The summed E-state index contributed by atoms with van der Waals surface area (Å²) in [7, 11) is 0. The van der Waals surface area contributed by atoms with Crippen LogP contribution in [0.1, 0.15) is 309 Å². The first kappa shape index (κ1) is 60.8. The minimum absolute atomic E-state index is 0.0163. The molecule has 0 aromatic rings. The van der Waals surface area contributed by atoms with E-state index < -0.39 is 18.2 Å². The van der Waals surface area contributed by atoms with Gasteiger partial charge in [-0.2, -0.15) is 0 Å². The van der Waals surface area contributed by atoms with Crippen molar-refractivity contribution >= 4 is 5.91 Å². The standard InChI is InChI=1S/C57H111NO4/c1-3-5-7-9-11-13-15-17-19-21-23-24-25-26-27-28-29-30-31-33-34-36-38-40-42-44-46-48-50-54(60)52-57(62)58-55(53-59)56(61)51-49-47-45-43-41-39-37-35-32-22-20-18-16-14-12-10-8-6-4-2/h26-27,49,51,54-56,59-61H,3-25,28-48,50,52-53H2,1-2H3,(H,58,62)/b27-26-,51-49+. The molecule has 0 radical (unpaired) electrons. The summed E-state index contributed by atoms with van der Waals surface area (Å²) in [6, 6.07) is -0.743. The summed E-state index contributed by atoms with van der Waals surface area (Å²) in [6.45, 7) is 4.25. The van der Waals surface area contributed by atoms with Gasteiger partial charge in [0.05, 0.1) is 31.3 Å². The topological polar surface area (TPSA) is 89.8 Å². The third-order valence-corrected chi connectivity index (χ3v) is 13.2. The molecule has 0 spiro atoms. The Balaban J connectivity index is 3.54. The zero-order valence-electron chi connectivity index (χ0n) is 42.0. The molecule has 3 atom stereocenters. The van der Waals surface area contributed by atoms with Crippen LogP contribution in [0, 0.1) is 0 Å². The molecule has 0 bridgehead atoms. The Morgan fingerprint density at radius 2 is 0.677 bits per heavy atom. The molecule has 0 rings (SSSR count). The number of rotatable bonds is 52. The van der Waals surface area contributed by atoms with Gasteiger partial charge in [0.2, 0.25) is 5.91 Å². The summed E-state index contributed by atoms with van der Waals surface area (Å²) >= 11 is 0. The summed E-state index contributed by atoms with van der Waals surface area (Å²) in [4.78, 5) is 12.5. The second-order valence-electron chi connectivity index (χ2n) is 19.5. The van der Waals surface area contributed by atoms with Crippen LogP contribution in [0.2, 0.25) is 0 Å². The first-order valence-electron chi connectivity index (χ1n) is 28.1. The third-order valence-electron chi connectivity index (χ3n) is 13.2. The molecule has 0 aliphatic rings. The Kier molecular flexibility index (Phi) is 51.5. The molecule has 4 N–H and O–H groups in total. The van der Waals surface area contributed by atoms with Crippen molar-refractivity contribution in [3.63, 3.8) is 0 Å². The van der Waals surface area contributed by atoms with Gasteiger partial charge in [0, 0.05) is 0 Å². The summed E-state index contributed by atoms with van der Waals surface area (Å²) in [6.07, 6.45) is 66.5. The van der Waals surface area contributed by atoms with Gasteiger partial charge in [0.25, 0.3) is 0 Å². The summed E-state index contributed by atoms with van der Waals surface area (Å²) in [5, 5.41) is 33.5. The largest absolute Gasteiger partial charge is 0.394 e. The quantitative estimate of drug-likeness (QED) is 0.0362. The Hall–Kier alpha value is -1.17. The molecule has 0 aliphatic carbocycles. The van der Waals surface area contributed by atoms with E-state index in [2.05, 4.69) is 31.3 Å². The van der Waals surface area contributed by atoms with Crippen LogP contribution in [-0.2, 0) is 4.79 Å². The van der Waals surface area contributed by atoms with Gasteiger partial charge in [-0.25, -0.2) is 0 Å². The number of nitrogens with one attached hydrogen (secondary N) is 1. The van der Waals surface area contributed by atoms with Gasteiger partial charge in [-0.3, -0.25) is 4.79 Å². The van der Waals surface area contributed by atoms with Gasteiger partial charge in [0.1, 0.15) is 0 Å². The SMILES string of the molecule is CCCCCCCCCCCCCC/C=C\CCCCCCCCCCCCCCC(O)CC(=O)NC(CO)C(O)/C=C/CCCCCCCCCCCCCCCCCCC. The lowest BCUT2D eigenvalue weighted by Crippen LogP contribution is -2.45. The van der Waals surface area contributed by atoms with E-state index in [9.17, 15) is 20.1 Å². The lowest BCUT2D eigenvalue weighted by atomic mass is 10.0. The summed E-state index contributed by atoms with van der Waals surface area (Å²) in [5.74, 6) is -0.311. The van der Waals surface area contributed by atoms with Crippen LogP contribution in [0.5, 0.6) is 0 Å². The van der Waals surface area contributed by atoms with Gasteiger partial charge >= 0.3 is 0 Å². The normalized spacial score (nSPS) is 13.4. The van der Waals surface area contributed by atoms with Crippen LogP contribution < -0.4 is 5.32 Å². The molecule has 0 fully saturated rings. The third kappa shape index (κ3) is 48.3. The molecule has 0 aliphatic heterocycles. The van der Waals surface area contributed by atoms with Crippen LogP contribution in [-0.4, -0.2) is 46.1 Å². The van der Waals surface area contributed by atoms with Crippen molar-refractivity contribution in [1.82, 2.24) is 5.32 Å². The second kappa shape index (κ2) is 52.5. The van der Waals surface area contributed by atoms with Crippen LogP contribution in [0.4, 0.5) is 0 Å². The predicted molar refractivity (Wildman–Crippen MR) is 273 cm³/mol. The van der Waals surface area contributed by atoms with Gasteiger partial charge < -0.3 is 20.6 Å². The highest BCUT2D eigenvalue weighted by Crippen LogP contribution is 2.17. The number of hydrogen-bond acceptors (Lipinski definition) is 4. The number of aliphatic hydroxyl groups is 3. The number of allylic oxidation sites excluding steroid dienone is 3. The van der Waals surface area contributed by atoms with E-state index in [1.165, 1.54) is 257 Å². The van der Waals surface area contributed by atoms with E-state index >= 15 is 0 Å². The lowest BCUT2D eigenvalue weighted by molar-refractivity contribution is -0.124. The van der Waals surface area contributed by atoms with Crippen molar-refractivity contribution in [2.24, 2.45) is 0 Å². The van der Waals surface area contributed by atoms with Crippen molar-refractivity contribution in [3.8, 4) is 0 Å². The first-order chi connectivity index (χ1) is 30.5. The fraction of sp³-hybridized carbons (Fsp3) is 0.912. The molecular weight excluding hydrogens is 763 g/mol. The Labute approximate surface area is 388 Å². The molecule has 0 aromatic heterocycles. The molecule has 5 heteroatoms. The average Bonchev–Trinajstić information content (AvgIpc) is 3.27. The van der Waals surface area contributed by atoms with Crippen LogP contribution >= 0.6 is 0 Å². The smallest absolute Gasteiger partial charge is 0.222 e. The first-order valence-corrected chi connectivity index (χ1v) is 28.1. The Morgan fingerprint density at radius 1 is 0.403 bits per heavy atom. The number of amides is 1. The molecule has 0 heterocycles. The maximum absolute atomic E-state index is 12.5. The minimum atomic E-state index is -0.928. The van der Waals surface area contributed by atoms with Crippen molar-refractivity contribution < 1.29 is 20.1 Å². The number of carbonyl (C=O) groups is 1. The number of unbranched alkanes of at least 4 members (excludes halogenated alkanes) is 41. The van der Waals surface area contributed by atoms with Crippen molar-refractivity contribution in [3.05, 3.63) is 24.3 Å². The van der Waals surface area contributed by atoms with Crippen LogP contribution in [0.25, 0.3) is 0 Å². The van der Waals surface area contributed by atoms with Gasteiger partial charge in [-0.15, -0.1) is 0 Å². The second-order valence-corrected chi connectivity index (χ2v) is 19.5. The predicted octanol–water partition coefficient (Wildman–Crippen LogP) is 17.3. The highest BCUT2D eigenvalue weighted by molar-refractivity contribution is 5.76. The van der Waals surface area contributed by atoms with E-state index in [1.54, 1.807) is 6.08 Å². The van der Waals surface area contributed by atoms with E-state index in [-0.39, 0.29) is 18.9 Å². The molecule has 0 saturated heterocycles. The lowest BCUT2D eigenvalue weighted by Gasteiger charge is -2.21. The molecule has 3 unspecified atom stereocenters. The van der Waals surface area contributed by atoms with Crippen LogP contribution in [0.15, 0.2) is 24.3 Å². The number of hydrogen-bond donors (Lipinski definition) is 4. The number of carbonyl (C=O) groups excluding carboxylic acids is 1. The molecule has 368 valence electrons. The van der Waals surface area contributed by atoms with E-state index in [0.717, 1.165) is 25.7 Å². The minimum Gasteiger partial charge on any atom is -0.394 e. The molecule has 1 amide bonds. The van der Waals surface area contributed by atoms with E-state index in [0.29, 0.717) is 6.42 Å². The summed E-state index contributed by atoms with van der Waals surface area (Å²) in [5.41, 5.74) is 0. The zero-order valence-corrected chi connectivity index (χ0v) is 42.0. The van der Waals surface area contributed by atoms with Crippen molar-refractivity contribution in [2.45, 2.75) is 327 Å². The van der Waals surface area contributed by atoms with Crippen molar-refractivity contribution in [1.29, 1.82) is 0 Å². The van der Waals surface area contributed by atoms with Gasteiger partial charge in [-0.1, -0.05) is 282 Å². The monoisotopic (exact) mass is 874 g/mol. The van der Waals surface area contributed by atoms with Gasteiger partial charge in [-0.05, 0) is 44.9 Å². The Bertz CT molecular complexity index is 920. The molecular formula is C57H111NO4. The maximum Gasteiger partial charge on any atom is 0.222 e. The maximum atomic E-state index is 12.5. The van der Waals surface area contributed by atoms with Crippen LogP contribution in [0.3, 0.4) is 0 Å². The highest BCUT2D eigenvalue weighted by Gasteiger charge is 2.20. The fourth-order valence-corrected chi connectivity index (χ4v) is 8.93. The van der Waals surface area contributed by atoms with E-state index in [1.807, 2.05) is 6.08 Å². The zero-order chi connectivity index (χ0) is 45.1. The molecule has 0 saturated carbocycles. The van der Waals surface area contributed by atoms with Crippen molar-refractivity contribution in [2.75, 3.05) is 6.61 Å². The Morgan fingerprint density at radius 3 is 0.984 bits per heavy atom. The fourth-order valence-electron chi connectivity index (χ4n) is 8.93. The summed E-state index contributed by atoms with van der Waals surface area (Å²) < 4.78 is 0. The highest BCUT2D eigenvalue weighted by atomic mass is 16.3. The average molecular weight is 875 g/mol. The molecule has 5 nitrogen and oxygen atoms in total. The van der Waals surface area contributed by atoms with Gasteiger partial charge in [0.15, 0.2) is 0 Å².